The van der Waals surface area contributed by atoms with Crippen LogP contribution in [0.4, 0.5) is 11.6 Å². The molecule has 2 unspecified atom stereocenters. The van der Waals surface area contributed by atoms with E-state index >= 15 is 0 Å². The molecule has 3 aromatic rings. The van der Waals surface area contributed by atoms with Crippen molar-refractivity contribution in [3.63, 3.8) is 0 Å². The Morgan fingerprint density at radius 1 is 1.15 bits per heavy atom. The predicted molar refractivity (Wildman–Crippen MR) is 134 cm³/mol. The van der Waals surface area contributed by atoms with Gasteiger partial charge in [0, 0.05) is 68.1 Å². The third-order valence-corrected chi connectivity index (χ3v) is 7.13. The van der Waals surface area contributed by atoms with E-state index in [4.69, 9.17) is 19.2 Å². The van der Waals surface area contributed by atoms with E-state index in [-0.39, 0.29) is 0 Å². The van der Waals surface area contributed by atoms with Crippen LogP contribution in [0.2, 0.25) is 0 Å². The SMILES string of the molecule is COc1cc(Nc2ncc(Br)c(-n3cc(C)c(CN4CC5CC4CN5)c3)n2)cc(OC)c1OC. The first-order valence-electron chi connectivity index (χ1n) is 11.2. The molecule has 0 aliphatic carbocycles. The van der Waals surface area contributed by atoms with E-state index in [1.165, 1.54) is 17.5 Å². The Balaban J connectivity index is 1.39. The Kier molecular flexibility index (Phi) is 6.37. The molecule has 34 heavy (non-hydrogen) atoms. The van der Waals surface area contributed by atoms with Gasteiger partial charge in [-0.15, -0.1) is 0 Å². The summed E-state index contributed by atoms with van der Waals surface area (Å²) in [5.41, 5.74) is 3.29. The van der Waals surface area contributed by atoms with Crippen molar-refractivity contribution in [1.82, 2.24) is 24.8 Å². The maximum absolute atomic E-state index is 5.45. The number of hydrogen-bond donors (Lipinski definition) is 2. The Labute approximate surface area is 207 Å². The smallest absolute Gasteiger partial charge is 0.229 e. The summed E-state index contributed by atoms with van der Waals surface area (Å²) >= 11 is 3.62. The van der Waals surface area contributed by atoms with Crippen LogP contribution in [0.1, 0.15) is 17.5 Å². The van der Waals surface area contributed by atoms with Crippen molar-refractivity contribution >= 4 is 27.6 Å². The van der Waals surface area contributed by atoms with E-state index in [1.807, 2.05) is 12.1 Å². The quantitative estimate of drug-likeness (QED) is 0.458. The number of halogens is 1. The van der Waals surface area contributed by atoms with Crippen LogP contribution in [0.5, 0.6) is 17.2 Å². The zero-order valence-electron chi connectivity index (χ0n) is 19.8. The molecule has 2 aliphatic rings. The van der Waals surface area contributed by atoms with Crippen LogP contribution in [0, 0.1) is 6.92 Å². The van der Waals surface area contributed by atoms with Crippen LogP contribution in [-0.4, -0.2) is 65.9 Å². The summed E-state index contributed by atoms with van der Waals surface area (Å²) in [5.74, 6) is 2.87. The normalized spacial score (nSPS) is 19.4. The fourth-order valence-corrected chi connectivity index (χ4v) is 5.22. The zero-order chi connectivity index (χ0) is 23.8. The fourth-order valence-electron chi connectivity index (χ4n) is 4.83. The van der Waals surface area contributed by atoms with Gasteiger partial charge in [0.05, 0.1) is 25.8 Å². The Morgan fingerprint density at radius 2 is 1.91 bits per heavy atom. The molecule has 2 N–H and O–H groups in total. The summed E-state index contributed by atoms with van der Waals surface area (Å²) in [6, 6.07) is 4.94. The molecule has 180 valence electrons. The van der Waals surface area contributed by atoms with Gasteiger partial charge in [0.15, 0.2) is 17.3 Å². The standard InChI is InChI=1S/C24H29BrN6O3/c1-14-10-31(12-15(14)11-30-13-17-5-18(30)8-26-17)23-19(25)9-27-24(29-23)28-16-6-20(32-2)22(34-4)21(7-16)33-3/h6-7,9-10,12,17-18,26H,5,8,11,13H2,1-4H3,(H,27,28,29). The summed E-state index contributed by atoms with van der Waals surface area (Å²) in [4.78, 5) is 11.8. The lowest BCUT2D eigenvalue weighted by molar-refractivity contribution is 0.217. The topological polar surface area (TPSA) is 85.7 Å². The van der Waals surface area contributed by atoms with Crippen LogP contribution in [-0.2, 0) is 6.54 Å². The van der Waals surface area contributed by atoms with Gasteiger partial charge in [-0.05, 0) is 40.4 Å². The van der Waals surface area contributed by atoms with Crippen LogP contribution < -0.4 is 24.8 Å². The maximum atomic E-state index is 5.45. The third-order valence-electron chi connectivity index (χ3n) is 6.57. The first kappa shape index (κ1) is 22.9. The molecular formula is C24H29BrN6O3. The number of nitrogens with one attached hydrogen (secondary N) is 2. The van der Waals surface area contributed by atoms with Gasteiger partial charge in [0.2, 0.25) is 11.7 Å². The van der Waals surface area contributed by atoms with Gasteiger partial charge in [-0.3, -0.25) is 4.90 Å². The highest BCUT2D eigenvalue weighted by Gasteiger charge is 2.37. The minimum absolute atomic E-state index is 0.461. The number of anilines is 2. The van der Waals surface area contributed by atoms with Crippen molar-refractivity contribution in [2.45, 2.75) is 32.0 Å². The second kappa shape index (κ2) is 9.44. The largest absolute Gasteiger partial charge is 0.493 e. The summed E-state index contributed by atoms with van der Waals surface area (Å²) in [5, 5.41) is 6.83. The molecule has 2 fully saturated rings. The summed E-state index contributed by atoms with van der Waals surface area (Å²) in [7, 11) is 4.76. The van der Waals surface area contributed by atoms with E-state index < -0.39 is 0 Å². The Hall–Kier alpha value is -2.82. The molecule has 0 spiro atoms. The average molecular weight is 529 g/mol. The molecule has 0 amide bonds. The summed E-state index contributed by atoms with van der Waals surface area (Å²) < 4.78 is 19.2. The van der Waals surface area contributed by atoms with Crippen molar-refractivity contribution in [3.05, 3.63) is 46.3 Å². The van der Waals surface area contributed by atoms with E-state index in [9.17, 15) is 0 Å². The summed E-state index contributed by atoms with van der Waals surface area (Å²) in [6.45, 7) is 5.33. The van der Waals surface area contributed by atoms with E-state index in [1.54, 1.807) is 27.5 Å². The molecule has 0 saturated carbocycles. The Bertz CT molecular complexity index is 1170. The number of likely N-dealkylation sites (tertiary alicyclic amines) is 1. The highest BCUT2D eigenvalue weighted by Crippen LogP contribution is 2.40. The molecule has 2 saturated heterocycles. The Morgan fingerprint density at radius 3 is 2.53 bits per heavy atom. The second-order valence-corrected chi connectivity index (χ2v) is 9.56. The van der Waals surface area contributed by atoms with Gasteiger partial charge >= 0.3 is 0 Å². The number of aryl methyl sites for hydroxylation is 1. The molecular weight excluding hydrogens is 500 g/mol. The first-order valence-corrected chi connectivity index (χ1v) is 12.0. The van der Waals surface area contributed by atoms with E-state index in [2.05, 4.69) is 60.3 Å². The number of ether oxygens (including phenoxy) is 3. The van der Waals surface area contributed by atoms with Gasteiger partial charge in [-0.2, -0.15) is 4.98 Å². The number of piperazine rings is 1. The zero-order valence-corrected chi connectivity index (χ0v) is 21.3. The molecule has 10 heteroatoms. The van der Waals surface area contributed by atoms with Crippen molar-refractivity contribution in [3.8, 4) is 23.1 Å². The van der Waals surface area contributed by atoms with Crippen LogP contribution >= 0.6 is 15.9 Å². The number of aromatic nitrogens is 3. The van der Waals surface area contributed by atoms with Crippen molar-refractivity contribution in [1.29, 1.82) is 0 Å². The molecule has 2 aliphatic heterocycles. The van der Waals surface area contributed by atoms with Crippen molar-refractivity contribution in [2.24, 2.45) is 0 Å². The molecule has 4 heterocycles. The lowest BCUT2D eigenvalue weighted by atomic mass is 10.2. The lowest BCUT2D eigenvalue weighted by Gasteiger charge is -2.27. The van der Waals surface area contributed by atoms with Gasteiger partial charge in [-0.25, -0.2) is 4.98 Å². The molecule has 2 bridgehead atoms. The second-order valence-electron chi connectivity index (χ2n) is 8.70. The predicted octanol–water partition coefficient (Wildman–Crippen LogP) is 3.65. The van der Waals surface area contributed by atoms with Crippen LogP contribution in [0.3, 0.4) is 0 Å². The highest BCUT2D eigenvalue weighted by atomic mass is 79.9. The lowest BCUT2D eigenvalue weighted by Crippen LogP contribution is -2.43. The monoisotopic (exact) mass is 528 g/mol. The van der Waals surface area contributed by atoms with E-state index in [0.717, 1.165) is 35.6 Å². The summed E-state index contributed by atoms with van der Waals surface area (Å²) in [6.07, 6.45) is 7.30. The molecule has 1 aromatic carbocycles. The minimum Gasteiger partial charge on any atom is -0.493 e. The van der Waals surface area contributed by atoms with Gasteiger partial charge in [-0.1, -0.05) is 0 Å². The molecule has 0 radical (unpaired) electrons. The van der Waals surface area contributed by atoms with Crippen molar-refractivity contribution in [2.75, 3.05) is 39.7 Å². The number of methoxy groups -OCH3 is 3. The first-order chi connectivity index (χ1) is 16.5. The van der Waals surface area contributed by atoms with Gasteiger partial charge in [0.1, 0.15) is 0 Å². The third kappa shape index (κ3) is 4.33. The van der Waals surface area contributed by atoms with Gasteiger partial charge < -0.3 is 29.4 Å². The van der Waals surface area contributed by atoms with Gasteiger partial charge in [0.25, 0.3) is 0 Å². The van der Waals surface area contributed by atoms with Crippen LogP contribution in [0.25, 0.3) is 5.82 Å². The highest BCUT2D eigenvalue weighted by molar-refractivity contribution is 9.10. The molecule has 2 atom stereocenters. The molecule has 5 rings (SSSR count). The minimum atomic E-state index is 0.461. The number of nitrogens with zero attached hydrogens (tertiary/aromatic N) is 4. The molecule has 9 nitrogen and oxygen atoms in total. The molecule has 2 aromatic heterocycles. The number of hydrogen-bond acceptors (Lipinski definition) is 8. The number of benzene rings is 1. The fraction of sp³-hybridized carbons (Fsp3) is 0.417. The number of rotatable bonds is 8. The van der Waals surface area contributed by atoms with Crippen molar-refractivity contribution < 1.29 is 14.2 Å². The maximum Gasteiger partial charge on any atom is 0.229 e. The van der Waals surface area contributed by atoms with Crippen LogP contribution in [0.15, 0.2) is 35.2 Å². The van der Waals surface area contributed by atoms with E-state index in [0.29, 0.717) is 35.3 Å². The average Bonchev–Trinajstić information content (AvgIpc) is 3.56. The number of fused-ring (bicyclic) bond motifs is 2.